The van der Waals surface area contributed by atoms with Crippen LogP contribution in [0.5, 0.6) is 11.5 Å². The molecule has 0 saturated carbocycles. The molecule has 0 aliphatic carbocycles. The number of ether oxygens (including phenoxy) is 1. The summed E-state index contributed by atoms with van der Waals surface area (Å²) >= 11 is 6.54. The molecule has 1 atom stereocenters. The number of amides is 2. The Balaban J connectivity index is 1.62. The van der Waals surface area contributed by atoms with Gasteiger partial charge in [-0.2, -0.15) is 0 Å². The van der Waals surface area contributed by atoms with Crippen LogP contribution in [0.4, 0.5) is 0 Å². The maximum atomic E-state index is 12.9. The molecule has 1 fully saturated rings. The number of carbonyl (C=O) groups is 2. The summed E-state index contributed by atoms with van der Waals surface area (Å²) < 4.78 is 5.57. The Labute approximate surface area is 184 Å². The molecule has 0 bridgehead atoms. The molecule has 1 aliphatic heterocycles. The fourth-order valence-corrected chi connectivity index (χ4v) is 4.37. The molecule has 0 radical (unpaired) electrons. The van der Waals surface area contributed by atoms with Crippen LogP contribution in [-0.2, 0) is 16.0 Å². The third-order valence-electron chi connectivity index (χ3n) is 4.63. The first-order valence-electron chi connectivity index (χ1n) is 9.36. The van der Waals surface area contributed by atoms with Crippen molar-refractivity contribution in [2.24, 2.45) is 0 Å². The third kappa shape index (κ3) is 5.20. The van der Waals surface area contributed by atoms with Crippen LogP contribution in [0.15, 0.2) is 53.4 Å². The first kappa shape index (κ1) is 21.9. The lowest BCUT2D eigenvalue weighted by Gasteiger charge is -2.22. The summed E-state index contributed by atoms with van der Waals surface area (Å²) in [4.78, 5) is 27.2. The van der Waals surface area contributed by atoms with Crippen LogP contribution in [0, 0.1) is 0 Å². The van der Waals surface area contributed by atoms with Crippen LogP contribution in [-0.4, -0.2) is 45.8 Å². The number of nitrogens with zero attached hydrogens (tertiary/aromatic N) is 1. The Morgan fingerprint density at radius 3 is 2.73 bits per heavy atom. The van der Waals surface area contributed by atoms with Gasteiger partial charge < -0.3 is 15.2 Å². The summed E-state index contributed by atoms with van der Waals surface area (Å²) in [5, 5.41) is 12.2. The number of carbonyl (C=O) groups excluding carboxylic acids is 2. The molecule has 2 N–H and O–H groups in total. The monoisotopic (exact) mass is 442 g/mol. The van der Waals surface area contributed by atoms with E-state index in [9.17, 15) is 14.7 Å². The lowest BCUT2D eigenvalue weighted by atomic mass is 10.1. The topological polar surface area (TPSA) is 78.9 Å². The average molecular weight is 443 g/mol. The highest BCUT2D eigenvalue weighted by Crippen LogP contribution is 2.34. The molecular formula is C22H22N2O4S2. The Bertz CT molecular complexity index is 989. The number of thioether (sulfide) groups is 1. The van der Waals surface area contributed by atoms with Gasteiger partial charge in [-0.25, -0.2) is 0 Å². The SMILES string of the molecule is COc1cccc(/C=C2\SC(=S)N([C@@H](C)C(=O)NCCc3ccc(O)cc3)C2=O)c1. The maximum Gasteiger partial charge on any atom is 0.266 e. The first-order valence-corrected chi connectivity index (χ1v) is 10.6. The van der Waals surface area contributed by atoms with Gasteiger partial charge in [0.15, 0.2) is 0 Å². The number of hydrogen-bond acceptors (Lipinski definition) is 6. The van der Waals surface area contributed by atoms with Crippen LogP contribution in [0.2, 0.25) is 0 Å². The van der Waals surface area contributed by atoms with E-state index in [1.807, 2.05) is 24.3 Å². The highest BCUT2D eigenvalue weighted by molar-refractivity contribution is 8.26. The molecule has 6 nitrogen and oxygen atoms in total. The second kappa shape index (κ2) is 9.77. The molecule has 3 rings (SSSR count). The Morgan fingerprint density at radius 1 is 1.30 bits per heavy atom. The van der Waals surface area contributed by atoms with Gasteiger partial charge in [0.1, 0.15) is 21.9 Å². The van der Waals surface area contributed by atoms with Gasteiger partial charge >= 0.3 is 0 Å². The minimum atomic E-state index is -0.714. The van der Waals surface area contributed by atoms with E-state index in [2.05, 4.69) is 5.32 Å². The van der Waals surface area contributed by atoms with Crippen LogP contribution in [0.1, 0.15) is 18.1 Å². The second-order valence-corrected chi connectivity index (χ2v) is 8.39. The third-order valence-corrected chi connectivity index (χ3v) is 5.96. The van der Waals surface area contributed by atoms with Gasteiger partial charge in [0.2, 0.25) is 5.91 Å². The summed E-state index contributed by atoms with van der Waals surface area (Å²) in [7, 11) is 1.58. The lowest BCUT2D eigenvalue weighted by molar-refractivity contribution is -0.132. The molecule has 2 amide bonds. The Morgan fingerprint density at radius 2 is 2.03 bits per heavy atom. The number of nitrogens with one attached hydrogen (secondary N) is 1. The molecule has 1 saturated heterocycles. The number of rotatable bonds is 7. The average Bonchev–Trinajstić information content (AvgIpc) is 3.01. The van der Waals surface area contributed by atoms with Crippen molar-refractivity contribution in [3.05, 3.63) is 64.6 Å². The van der Waals surface area contributed by atoms with E-state index in [1.165, 1.54) is 16.7 Å². The molecule has 0 unspecified atom stereocenters. The zero-order chi connectivity index (χ0) is 21.7. The van der Waals surface area contributed by atoms with Crippen molar-refractivity contribution >= 4 is 46.2 Å². The van der Waals surface area contributed by atoms with Gasteiger partial charge in [-0.15, -0.1) is 0 Å². The van der Waals surface area contributed by atoms with Crippen molar-refractivity contribution in [2.45, 2.75) is 19.4 Å². The van der Waals surface area contributed by atoms with Crippen LogP contribution in [0.3, 0.4) is 0 Å². The number of thiocarbonyl (C=S) groups is 1. The number of phenolic OH excluding ortho intramolecular Hbond substituents is 1. The normalized spacial score (nSPS) is 16.1. The van der Waals surface area contributed by atoms with Gasteiger partial charge in [0, 0.05) is 6.54 Å². The zero-order valence-corrected chi connectivity index (χ0v) is 18.3. The van der Waals surface area contributed by atoms with Gasteiger partial charge in [-0.05, 0) is 54.8 Å². The minimum Gasteiger partial charge on any atom is -0.508 e. The van der Waals surface area contributed by atoms with E-state index in [4.69, 9.17) is 17.0 Å². The zero-order valence-electron chi connectivity index (χ0n) is 16.6. The van der Waals surface area contributed by atoms with Gasteiger partial charge in [-0.1, -0.05) is 48.2 Å². The summed E-state index contributed by atoms with van der Waals surface area (Å²) in [6.45, 7) is 2.08. The predicted molar refractivity (Wildman–Crippen MR) is 122 cm³/mol. The summed E-state index contributed by atoms with van der Waals surface area (Å²) in [5.41, 5.74) is 1.81. The van der Waals surface area contributed by atoms with Crippen molar-refractivity contribution in [2.75, 3.05) is 13.7 Å². The molecule has 0 spiro atoms. The van der Waals surface area contributed by atoms with E-state index in [1.54, 1.807) is 44.4 Å². The molecule has 1 aliphatic rings. The lowest BCUT2D eigenvalue weighted by Crippen LogP contribution is -2.47. The van der Waals surface area contributed by atoms with E-state index < -0.39 is 6.04 Å². The summed E-state index contributed by atoms with van der Waals surface area (Å²) in [6.07, 6.45) is 2.37. The Kier molecular flexibility index (Phi) is 7.12. The van der Waals surface area contributed by atoms with Gasteiger partial charge in [0.05, 0.1) is 12.0 Å². The van der Waals surface area contributed by atoms with Crippen molar-refractivity contribution < 1.29 is 19.4 Å². The first-order chi connectivity index (χ1) is 14.4. The largest absolute Gasteiger partial charge is 0.508 e. The highest BCUT2D eigenvalue weighted by atomic mass is 32.2. The van der Waals surface area contributed by atoms with Crippen molar-refractivity contribution in [1.82, 2.24) is 10.2 Å². The molecule has 156 valence electrons. The summed E-state index contributed by atoms with van der Waals surface area (Å²) in [5.74, 6) is 0.343. The minimum absolute atomic E-state index is 0.202. The van der Waals surface area contributed by atoms with E-state index >= 15 is 0 Å². The van der Waals surface area contributed by atoms with Gasteiger partial charge in [-0.3, -0.25) is 14.5 Å². The number of phenols is 1. The predicted octanol–water partition coefficient (Wildman–Crippen LogP) is 3.35. The molecule has 2 aromatic rings. The number of benzene rings is 2. The fraction of sp³-hybridized carbons (Fsp3) is 0.227. The van der Waals surface area contributed by atoms with E-state index in [0.29, 0.717) is 27.9 Å². The van der Waals surface area contributed by atoms with Crippen LogP contribution < -0.4 is 10.1 Å². The fourth-order valence-electron chi connectivity index (χ4n) is 2.95. The van der Waals surface area contributed by atoms with Crippen LogP contribution in [0.25, 0.3) is 6.08 Å². The van der Waals surface area contributed by atoms with E-state index in [0.717, 1.165) is 11.1 Å². The van der Waals surface area contributed by atoms with Crippen LogP contribution >= 0.6 is 24.0 Å². The maximum absolute atomic E-state index is 12.9. The van der Waals surface area contributed by atoms with Crippen molar-refractivity contribution in [1.29, 1.82) is 0 Å². The Hall–Kier alpha value is -2.84. The molecule has 8 heteroatoms. The standard InChI is InChI=1S/C22H22N2O4S2/c1-14(20(26)23-11-10-15-6-8-17(25)9-7-15)24-21(27)19(30-22(24)29)13-16-4-3-5-18(12-16)28-2/h3-9,12-14,25H,10-11H2,1-2H3,(H,23,26)/b19-13-/t14-/m0/s1. The quantitative estimate of drug-likeness (QED) is 0.506. The number of hydrogen-bond donors (Lipinski definition) is 2. The highest BCUT2D eigenvalue weighted by Gasteiger charge is 2.38. The van der Waals surface area contributed by atoms with Crippen molar-refractivity contribution in [3.63, 3.8) is 0 Å². The van der Waals surface area contributed by atoms with Crippen molar-refractivity contribution in [3.8, 4) is 11.5 Å². The summed E-state index contributed by atoms with van der Waals surface area (Å²) in [6, 6.07) is 13.5. The molecule has 0 aromatic heterocycles. The number of methoxy groups -OCH3 is 1. The molecule has 2 aromatic carbocycles. The second-order valence-electron chi connectivity index (χ2n) is 6.71. The molecule has 30 heavy (non-hydrogen) atoms. The molecule has 1 heterocycles. The van der Waals surface area contributed by atoms with E-state index in [-0.39, 0.29) is 17.6 Å². The number of aromatic hydroxyl groups is 1. The smallest absolute Gasteiger partial charge is 0.266 e. The van der Waals surface area contributed by atoms with Gasteiger partial charge in [0.25, 0.3) is 5.91 Å². The molecular weight excluding hydrogens is 420 g/mol.